The van der Waals surface area contributed by atoms with Crippen molar-refractivity contribution >= 4 is 60.8 Å². The smallest absolute Gasteiger partial charge is 0.143 e. The Hall–Kier alpha value is -7.62. The first kappa shape index (κ1) is 34.6. The van der Waals surface area contributed by atoms with Crippen LogP contribution in [0.1, 0.15) is 11.1 Å². The van der Waals surface area contributed by atoms with E-state index in [1.807, 2.05) is 0 Å². The molecule has 0 aliphatic carbocycles. The van der Waals surface area contributed by atoms with Crippen molar-refractivity contribution in [3.63, 3.8) is 0 Å². The maximum atomic E-state index is 6.78. The summed E-state index contributed by atoms with van der Waals surface area (Å²) < 4.78 is 9.15. The Kier molecular flexibility index (Phi) is 8.27. The first-order valence-electron chi connectivity index (χ1n) is 20.3. The molecule has 0 saturated heterocycles. The van der Waals surface area contributed by atoms with E-state index in [0.29, 0.717) is 0 Å². The summed E-state index contributed by atoms with van der Waals surface area (Å²) in [4.78, 5) is 2.45. The number of hydrogen-bond donors (Lipinski definition) is 0. The number of para-hydroxylation sites is 3. The van der Waals surface area contributed by atoms with Crippen molar-refractivity contribution in [2.45, 2.75) is 13.8 Å². The molecule has 0 atom stereocenters. The minimum atomic E-state index is 0.873. The van der Waals surface area contributed by atoms with E-state index < -0.39 is 0 Å². The van der Waals surface area contributed by atoms with Crippen LogP contribution < -0.4 is 4.90 Å². The van der Waals surface area contributed by atoms with Crippen LogP contribution in [0.3, 0.4) is 0 Å². The first-order valence-corrected chi connectivity index (χ1v) is 20.3. The van der Waals surface area contributed by atoms with E-state index in [4.69, 9.17) is 4.42 Å². The third-order valence-corrected chi connectivity index (χ3v) is 11.7. The molecule has 59 heavy (non-hydrogen) atoms. The Morgan fingerprint density at radius 3 is 1.71 bits per heavy atom. The second-order valence-corrected chi connectivity index (χ2v) is 15.5. The predicted molar refractivity (Wildman–Crippen MR) is 249 cm³/mol. The Morgan fingerprint density at radius 2 is 1.02 bits per heavy atom. The summed E-state index contributed by atoms with van der Waals surface area (Å²) in [5.74, 6) is 0. The molecule has 3 heteroatoms. The van der Waals surface area contributed by atoms with Gasteiger partial charge in [0, 0.05) is 49.7 Å². The summed E-state index contributed by atoms with van der Waals surface area (Å²) in [6.45, 7) is 4.42. The highest BCUT2D eigenvalue weighted by atomic mass is 16.3. The molecule has 3 nitrogen and oxygen atoms in total. The second-order valence-electron chi connectivity index (χ2n) is 15.5. The normalized spacial score (nSPS) is 11.6. The van der Waals surface area contributed by atoms with Crippen molar-refractivity contribution in [3.05, 3.63) is 217 Å². The molecule has 0 amide bonds. The average Bonchev–Trinajstić information content (AvgIpc) is 3.83. The van der Waals surface area contributed by atoms with E-state index in [0.717, 1.165) is 61.4 Å². The molecule has 11 aromatic rings. The van der Waals surface area contributed by atoms with Gasteiger partial charge in [0.2, 0.25) is 0 Å². The molecule has 0 aliphatic heterocycles. The molecular weight excluding hydrogens is 717 g/mol. The fourth-order valence-electron chi connectivity index (χ4n) is 9.03. The molecule has 0 N–H and O–H groups in total. The summed E-state index contributed by atoms with van der Waals surface area (Å²) in [5.41, 5.74) is 17.8. The lowest BCUT2D eigenvalue weighted by Gasteiger charge is -2.31. The van der Waals surface area contributed by atoms with Crippen molar-refractivity contribution in [1.82, 2.24) is 4.57 Å². The lowest BCUT2D eigenvalue weighted by molar-refractivity contribution is 0.670. The highest BCUT2D eigenvalue weighted by Gasteiger charge is 2.24. The molecule has 2 aromatic heterocycles. The molecule has 0 saturated carbocycles. The molecule has 9 aromatic carbocycles. The van der Waals surface area contributed by atoms with Crippen molar-refractivity contribution in [1.29, 1.82) is 0 Å². The van der Waals surface area contributed by atoms with Gasteiger partial charge in [-0.3, -0.25) is 0 Å². The quantitative estimate of drug-likeness (QED) is 0.161. The van der Waals surface area contributed by atoms with Crippen LogP contribution in [-0.2, 0) is 0 Å². The highest BCUT2D eigenvalue weighted by molar-refractivity contribution is 6.12. The number of aromatic nitrogens is 1. The third kappa shape index (κ3) is 5.90. The van der Waals surface area contributed by atoms with Crippen LogP contribution in [-0.4, -0.2) is 4.57 Å². The molecule has 0 spiro atoms. The van der Waals surface area contributed by atoms with Crippen molar-refractivity contribution in [3.8, 4) is 39.1 Å². The highest BCUT2D eigenvalue weighted by Crippen LogP contribution is 2.48. The van der Waals surface area contributed by atoms with Crippen LogP contribution in [0.25, 0.3) is 82.8 Å². The topological polar surface area (TPSA) is 21.3 Å². The molecule has 280 valence electrons. The minimum Gasteiger partial charge on any atom is -0.455 e. The van der Waals surface area contributed by atoms with Gasteiger partial charge in [0.1, 0.15) is 11.2 Å². The number of hydrogen-bond acceptors (Lipinski definition) is 2. The fourth-order valence-corrected chi connectivity index (χ4v) is 9.03. The Morgan fingerprint density at radius 1 is 0.407 bits per heavy atom. The zero-order chi connectivity index (χ0) is 39.5. The van der Waals surface area contributed by atoms with Gasteiger partial charge in [-0.05, 0) is 114 Å². The van der Waals surface area contributed by atoms with Gasteiger partial charge in [-0.1, -0.05) is 140 Å². The Bertz CT molecular complexity index is 3280. The average molecular weight is 757 g/mol. The fraction of sp³-hybridized carbons (Fsp3) is 0.0357. The van der Waals surface area contributed by atoms with Crippen LogP contribution in [0.2, 0.25) is 0 Å². The number of nitrogens with zero attached hydrogens (tertiary/aromatic N) is 2. The zero-order valence-electron chi connectivity index (χ0n) is 32.9. The predicted octanol–water partition coefficient (Wildman–Crippen LogP) is 15.8. The summed E-state index contributed by atoms with van der Waals surface area (Å²) in [6, 6.07) is 74.4. The number of benzene rings is 9. The lowest BCUT2D eigenvalue weighted by atomic mass is 9.92. The summed E-state index contributed by atoms with van der Waals surface area (Å²) >= 11 is 0. The van der Waals surface area contributed by atoms with Crippen LogP contribution >= 0.6 is 0 Å². The number of fused-ring (bicyclic) bond motifs is 6. The maximum absolute atomic E-state index is 6.78. The van der Waals surface area contributed by atoms with Crippen LogP contribution in [0.4, 0.5) is 17.1 Å². The van der Waals surface area contributed by atoms with E-state index in [2.05, 4.69) is 230 Å². The molecule has 0 bridgehead atoms. The SMILES string of the molecule is Cc1cccc(N(c2cc(-c3ccc(-n4c5ccccc5c5ccccc54)cc3)c3oc4ccccc4c3c2)c2c(C)cc(-c3ccccc3)cc2-c2ccccc2)c1. The van der Waals surface area contributed by atoms with Gasteiger partial charge < -0.3 is 13.9 Å². The molecule has 0 radical (unpaired) electrons. The molecular formula is C56H40N2O. The lowest BCUT2D eigenvalue weighted by Crippen LogP contribution is -2.13. The largest absolute Gasteiger partial charge is 0.455 e. The third-order valence-electron chi connectivity index (χ3n) is 11.7. The summed E-state index contributed by atoms with van der Waals surface area (Å²) in [6.07, 6.45) is 0. The van der Waals surface area contributed by atoms with E-state index >= 15 is 0 Å². The monoisotopic (exact) mass is 756 g/mol. The Labute approximate surface area is 343 Å². The van der Waals surface area contributed by atoms with E-state index in [1.54, 1.807) is 0 Å². The van der Waals surface area contributed by atoms with Gasteiger partial charge >= 0.3 is 0 Å². The second kappa shape index (κ2) is 14.1. The van der Waals surface area contributed by atoms with Gasteiger partial charge in [0.15, 0.2) is 0 Å². The molecule has 0 aliphatic rings. The molecule has 0 fully saturated rings. The first-order chi connectivity index (χ1) is 29.1. The van der Waals surface area contributed by atoms with E-state index in [-0.39, 0.29) is 0 Å². The van der Waals surface area contributed by atoms with Crippen LogP contribution in [0.15, 0.2) is 211 Å². The van der Waals surface area contributed by atoms with Crippen molar-refractivity contribution < 1.29 is 4.42 Å². The van der Waals surface area contributed by atoms with Gasteiger partial charge in [0.25, 0.3) is 0 Å². The van der Waals surface area contributed by atoms with Gasteiger partial charge in [-0.2, -0.15) is 0 Å². The summed E-state index contributed by atoms with van der Waals surface area (Å²) in [5, 5.41) is 4.68. The number of aryl methyl sites for hydroxylation is 2. The summed E-state index contributed by atoms with van der Waals surface area (Å²) in [7, 11) is 0. The zero-order valence-corrected chi connectivity index (χ0v) is 32.9. The Balaban J connectivity index is 1.16. The van der Waals surface area contributed by atoms with Crippen LogP contribution in [0, 0.1) is 13.8 Å². The van der Waals surface area contributed by atoms with Crippen LogP contribution in [0.5, 0.6) is 0 Å². The maximum Gasteiger partial charge on any atom is 0.143 e. The molecule has 11 rings (SSSR count). The van der Waals surface area contributed by atoms with Crippen molar-refractivity contribution in [2.75, 3.05) is 4.90 Å². The molecule has 0 unspecified atom stereocenters. The number of rotatable bonds is 7. The van der Waals surface area contributed by atoms with Gasteiger partial charge in [-0.25, -0.2) is 0 Å². The van der Waals surface area contributed by atoms with Gasteiger partial charge in [-0.15, -0.1) is 0 Å². The number of anilines is 3. The standard InChI is InChI=1S/C56H40N2O/c1-37-16-15-21-44(32-37)57(55-38(2)33-42(39-17-5-3-6-18-39)34-49(55)40-19-7-4-8-20-40)45-35-50(56-51(36-45)48-24-11-14-27-54(48)59-56)41-28-30-43(31-29-41)58-52-25-12-9-22-46(52)47-23-10-13-26-53(47)58/h3-36H,1-2H3. The van der Waals surface area contributed by atoms with E-state index in [1.165, 1.54) is 49.6 Å². The van der Waals surface area contributed by atoms with Crippen molar-refractivity contribution in [2.24, 2.45) is 0 Å². The molecule has 2 heterocycles. The van der Waals surface area contributed by atoms with E-state index in [9.17, 15) is 0 Å². The number of furan rings is 1. The van der Waals surface area contributed by atoms with Gasteiger partial charge in [0.05, 0.1) is 16.7 Å². The minimum absolute atomic E-state index is 0.873.